The Hall–Kier alpha value is -1.23. The van der Waals surface area contributed by atoms with Crippen molar-refractivity contribution in [2.24, 2.45) is 0 Å². The predicted molar refractivity (Wildman–Crippen MR) is 71.6 cm³/mol. The van der Waals surface area contributed by atoms with Gasteiger partial charge >= 0.3 is 0 Å². The van der Waals surface area contributed by atoms with Crippen LogP contribution < -0.4 is 0 Å². The number of aryl methyl sites for hydroxylation is 1. The van der Waals surface area contributed by atoms with E-state index in [4.69, 9.17) is 0 Å². The van der Waals surface area contributed by atoms with E-state index in [-0.39, 0.29) is 5.78 Å². The maximum atomic E-state index is 12.2. The molecule has 0 saturated heterocycles. The number of pyridine rings is 1. The summed E-state index contributed by atoms with van der Waals surface area (Å²) in [5.74, 6) is -0.0170. The van der Waals surface area contributed by atoms with Crippen molar-refractivity contribution in [2.75, 3.05) is 0 Å². The van der Waals surface area contributed by atoms with E-state index in [1.165, 1.54) is 0 Å². The number of nitrogens with zero attached hydrogens (tertiary/aromatic N) is 1. The topological polar surface area (TPSA) is 30.0 Å². The Morgan fingerprint density at radius 2 is 2.06 bits per heavy atom. The molecule has 2 nitrogen and oxygen atoms in total. The van der Waals surface area contributed by atoms with E-state index in [2.05, 4.69) is 27.6 Å². The molecule has 1 heterocycles. The molecule has 0 radical (unpaired) electrons. The van der Waals surface area contributed by atoms with Crippen molar-refractivity contribution in [3.63, 3.8) is 0 Å². The molecule has 2 aromatic rings. The van der Waals surface area contributed by atoms with E-state index in [0.29, 0.717) is 11.3 Å². The maximum Gasteiger partial charge on any atom is 0.211 e. The molecule has 0 amide bonds. The molecule has 2 rings (SSSR count). The highest BCUT2D eigenvalue weighted by molar-refractivity contribution is 14.1. The lowest BCUT2D eigenvalue weighted by molar-refractivity contribution is 0.103. The fourth-order valence-corrected chi connectivity index (χ4v) is 2.03. The zero-order valence-electron chi connectivity index (χ0n) is 8.77. The number of halogens is 1. The van der Waals surface area contributed by atoms with Gasteiger partial charge in [-0.25, -0.2) is 0 Å². The van der Waals surface area contributed by atoms with E-state index in [1.807, 2.05) is 43.3 Å². The van der Waals surface area contributed by atoms with Gasteiger partial charge in [0.1, 0.15) is 5.69 Å². The molecule has 1 aromatic heterocycles. The quantitative estimate of drug-likeness (QED) is 0.627. The van der Waals surface area contributed by atoms with E-state index in [1.54, 1.807) is 6.20 Å². The Labute approximate surface area is 108 Å². The van der Waals surface area contributed by atoms with Crippen LogP contribution in [0.2, 0.25) is 0 Å². The molecule has 1 aromatic carbocycles. The maximum absolute atomic E-state index is 12.2. The highest BCUT2D eigenvalue weighted by Crippen LogP contribution is 2.13. The van der Waals surface area contributed by atoms with Gasteiger partial charge < -0.3 is 0 Å². The van der Waals surface area contributed by atoms with Crippen LogP contribution in [0.4, 0.5) is 0 Å². The average molecular weight is 323 g/mol. The van der Waals surface area contributed by atoms with Crippen molar-refractivity contribution < 1.29 is 4.79 Å². The molecule has 0 unspecified atom stereocenters. The number of hydrogen-bond donors (Lipinski definition) is 0. The molecule has 0 bridgehead atoms. The summed E-state index contributed by atoms with van der Waals surface area (Å²) in [7, 11) is 0. The summed E-state index contributed by atoms with van der Waals surface area (Å²) < 4.78 is 1.05. The predicted octanol–water partition coefficient (Wildman–Crippen LogP) is 3.23. The van der Waals surface area contributed by atoms with Crippen LogP contribution in [0.1, 0.15) is 21.6 Å². The van der Waals surface area contributed by atoms with Crippen LogP contribution in [0.15, 0.2) is 42.6 Å². The van der Waals surface area contributed by atoms with Gasteiger partial charge in [-0.3, -0.25) is 9.78 Å². The largest absolute Gasteiger partial charge is 0.287 e. The first kappa shape index (κ1) is 11.3. The molecule has 80 valence electrons. The third kappa shape index (κ3) is 2.29. The molecule has 0 aliphatic carbocycles. The molecule has 0 aliphatic heterocycles. The van der Waals surface area contributed by atoms with Crippen molar-refractivity contribution in [1.29, 1.82) is 0 Å². The Bertz CT molecular complexity index is 537. The standard InChI is InChI=1S/C13H10INO/c1-9-4-3-7-15-12(9)13(16)10-5-2-6-11(14)8-10/h2-8H,1H3. The lowest BCUT2D eigenvalue weighted by Gasteiger charge is -2.03. The number of benzene rings is 1. The number of carbonyl (C=O) groups is 1. The lowest BCUT2D eigenvalue weighted by Crippen LogP contribution is -2.06. The van der Waals surface area contributed by atoms with E-state index < -0.39 is 0 Å². The van der Waals surface area contributed by atoms with Gasteiger partial charge in [-0.05, 0) is 53.3 Å². The summed E-state index contributed by atoms with van der Waals surface area (Å²) in [4.78, 5) is 16.3. The zero-order chi connectivity index (χ0) is 11.5. The minimum Gasteiger partial charge on any atom is -0.287 e. The number of ketones is 1. The summed E-state index contributed by atoms with van der Waals surface area (Å²) in [5, 5.41) is 0. The van der Waals surface area contributed by atoms with Crippen LogP contribution in [0.3, 0.4) is 0 Å². The van der Waals surface area contributed by atoms with E-state index in [9.17, 15) is 4.79 Å². The Kier molecular flexibility index (Phi) is 3.33. The van der Waals surface area contributed by atoms with Gasteiger partial charge in [-0.2, -0.15) is 0 Å². The molecule has 0 atom stereocenters. The average Bonchev–Trinajstić information content (AvgIpc) is 2.29. The summed E-state index contributed by atoms with van der Waals surface area (Å²) in [6.07, 6.45) is 1.65. The molecule has 0 fully saturated rings. The summed E-state index contributed by atoms with van der Waals surface area (Å²) in [6, 6.07) is 11.3. The van der Waals surface area contributed by atoms with Gasteiger partial charge in [-0.1, -0.05) is 18.2 Å². The van der Waals surface area contributed by atoms with Crippen LogP contribution in [-0.4, -0.2) is 10.8 Å². The van der Waals surface area contributed by atoms with Crippen molar-refractivity contribution >= 4 is 28.4 Å². The van der Waals surface area contributed by atoms with Gasteiger partial charge in [0.25, 0.3) is 0 Å². The first-order valence-corrected chi connectivity index (χ1v) is 5.98. The monoisotopic (exact) mass is 323 g/mol. The van der Waals surface area contributed by atoms with Crippen LogP contribution in [-0.2, 0) is 0 Å². The fraction of sp³-hybridized carbons (Fsp3) is 0.0769. The molecule has 3 heteroatoms. The highest BCUT2D eigenvalue weighted by Gasteiger charge is 2.12. The van der Waals surface area contributed by atoms with Crippen LogP contribution in [0.5, 0.6) is 0 Å². The fourth-order valence-electron chi connectivity index (χ4n) is 1.49. The summed E-state index contributed by atoms with van der Waals surface area (Å²) in [5.41, 5.74) is 2.13. The molecular weight excluding hydrogens is 313 g/mol. The lowest BCUT2D eigenvalue weighted by atomic mass is 10.0. The molecular formula is C13H10INO. The molecule has 0 saturated carbocycles. The second-order valence-corrected chi connectivity index (χ2v) is 4.75. The van der Waals surface area contributed by atoms with Gasteiger partial charge in [0.2, 0.25) is 5.78 Å². The van der Waals surface area contributed by atoms with Crippen molar-refractivity contribution in [2.45, 2.75) is 6.92 Å². The first-order chi connectivity index (χ1) is 7.68. The normalized spacial score (nSPS) is 10.1. The smallest absolute Gasteiger partial charge is 0.211 e. The second-order valence-electron chi connectivity index (χ2n) is 3.51. The molecule has 0 N–H and O–H groups in total. The van der Waals surface area contributed by atoms with E-state index >= 15 is 0 Å². The number of carbonyl (C=O) groups excluding carboxylic acids is 1. The van der Waals surface area contributed by atoms with Gasteiger partial charge in [-0.15, -0.1) is 0 Å². The molecule has 0 aliphatic rings. The van der Waals surface area contributed by atoms with Crippen molar-refractivity contribution in [3.8, 4) is 0 Å². The Morgan fingerprint density at radius 3 is 2.75 bits per heavy atom. The van der Waals surface area contributed by atoms with Gasteiger partial charge in [0.05, 0.1) is 0 Å². The number of rotatable bonds is 2. The third-order valence-electron chi connectivity index (χ3n) is 2.31. The second kappa shape index (κ2) is 4.74. The van der Waals surface area contributed by atoms with Gasteiger partial charge in [0, 0.05) is 15.3 Å². The summed E-state index contributed by atoms with van der Waals surface area (Å²) >= 11 is 2.19. The SMILES string of the molecule is Cc1cccnc1C(=O)c1cccc(I)c1. The Balaban J connectivity index is 2.44. The van der Waals surface area contributed by atoms with Crippen LogP contribution in [0, 0.1) is 10.5 Å². The number of aromatic nitrogens is 1. The van der Waals surface area contributed by atoms with Crippen molar-refractivity contribution in [1.82, 2.24) is 4.98 Å². The summed E-state index contributed by atoms with van der Waals surface area (Å²) in [6.45, 7) is 1.90. The zero-order valence-corrected chi connectivity index (χ0v) is 10.9. The van der Waals surface area contributed by atoms with Gasteiger partial charge in [0.15, 0.2) is 0 Å². The third-order valence-corrected chi connectivity index (χ3v) is 2.98. The minimum atomic E-state index is -0.0170. The minimum absolute atomic E-state index is 0.0170. The highest BCUT2D eigenvalue weighted by atomic mass is 127. The van der Waals surface area contributed by atoms with Crippen LogP contribution in [0.25, 0.3) is 0 Å². The van der Waals surface area contributed by atoms with E-state index in [0.717, 1.165) is 9.13 Å². The Morgan fingerprint density at radius 1 is 1.25 bits per heavy atom. The molecule has 0 spiro atoms. The molecule has 16 heavy (non-hydrogen) atoms. The number of hydrogen-bond acceptors (Lipinski definition) is 2. The van der Waals surface area contributed by atoms with Crippen LogP contribution >= 0.6 is 22.6 Å². The van der Waals surface area contributed by atoms with Crippen molar-refractivity contribution in [3.05, 3.63) is 63.0 Å². The first-order valence-electron chi connectivity index (χ1n) is 4.90.